The zero-order valence-corrected chi connectivity index (χ0v) is 17.0. The third-order valence-corrected chi connectivity index (χ3v) is 4.77. The van der Waals surface area contributed by atoms with Crippen molar-refractivity contribution in [3.05, 3.63) is 59.2 Å². The van der Waals surface area contributed by atoms with Crippen molar-refractivity contribution in [2.45, 2.75) is 52.1 Å². The van der Waals surface area contributed by atoms with Crippen LogP contribution in [0, 0.1) is 0 Å². The number of esters is 2. The molecular weight excluding hydrogens is 356 g/mol. The second kappa shape index (κ2) is 7.30. The van der Waals surface area contributed by atoms with Gasteiger partial charge in [0.25, 0.3) is 0 Å². The Morgan fingerprint density at radius 3 is 2.25 bits per heavy atom. The summed E-state index contributed by atoms with van der Waals surface area (Å²) in [4.78, 5) is 24.3. The number of ether oxygens (including phenoxy) is 3. The average Bonchev–Trinajstić information content (AvgIpc) is 2.60. The van der Waals surface area contributed by atoms with Crippen molar-refractivity contribution < 1.29 is 23.8 Å². The van der Waals surface area contributed by atoms with Gasteiger partial charge in [0.1, 0.15) is 17.1 Å². The molecule has 0 amide bonds. The highest BCUT2D eigenvalue weighted by molar-refractivity contribution is 5.92. The van der Waals surface area contributed by atoms with Crippen LogP contribution in [0.25, 0.3) is 0 Å². The van der Waals surface area contributed by atoms with E-state index in [2.05, 4.69) is 27.7 Å². The quantitative estimate of drug-likeness (QED) is 0.555. The molecule has 0 aliphatic carbocycles. The second-order valence-electron chi connectivity index (χ2n) is 8.27. The molecule has 0 bridgehead atoms. The fourth-order valence-corrected chi connectivity index (χ4v) is 3.81. The van der Waals surface area contributed by atoms with Gasteiger partial charge in [0.15, 0.2) is 0 Å². The molecule has 1 aliphatic heterocycles. The molecule has 0 fully saturated rings. The Morgan fingerprint density at radius 2 is 1.61 bits per heavy atom. The number of fused-ring (bicyclic) bond motifs is 1. The van der Waals surface area contributed by atoms with E-state index in [0.29, 0.717) is 23.5 Å². The summed E-state index contributed by atoms with van der Waals surface area (Å²) in [7, 11) is 0. The molecule has 2 aromatic rings. The van der Waals surface area contributed by atoms with Gasteiger partial charge in [0, 0.05) is 5.56 Å². The lowest BCUT2D eigenvalue weighted by Crippen LogP contribution is -2.41. The molecule has 0 saturated heterocycles. The van der Waals surface area contributed by atoms with Gasteiger partial charge in [-0.05, 0) is 75.1 Å². The van der Waals surface area contributed by atoms with Gasteiger partial charge in [-0.1, -0.05) is 13.8 Å². The molecule has 28 heavy (non-hydrogen) atoms. The summed E-state index contributed by atoms with van der Waals surface area (Å²) < 4.78 is 16.5. The molecule has 0 aromatic heterocycles. The fraction of sp³-hybridized carbons (Fsp3) is 0.391. The van der Waals surface area contributed by atoms with Crippen molar-refractivity contribution in [3.63, 3.8) is 0 Å². The minimum Gasteiger partial charge on any atom is -0.488 e. The standard InChI is InChI=1S/C23H26O5/c1-6-26-20(24)15-7-10-17(11-8-15)27-21(25)16-9-12-19-18(13-16)22(2,3)14-23(4,5)28-19/h7-13H,6,14H2,1-5H3. The maximum absolute atomic E-state index is 12.6. The van der Waals surface area contributed by atoms with Crippen LogP contribution in [0.3, 0.4) is 0 Å². The predicted molar refractivity (Wildman–Crippen MR) is 106 cm³/mol. The van der Waals surface area contributed by atoms with E-state index < -0.39 is 11.9 Å². The molecule has 0 unspecified atom stereocenters. The lowest BCUT2D eigenvalue weighted by molar-refractivity contribution is 0.0521. The van der Waals surface area contributed by atoms with Crippen molar-refractivity contribution in [2.24, 2.45) is 0 Å². The van der Waals surface area contributed by atoms with Crippen LogP contribution in [0.5, 0.6) is 11.5 Å². The monoisotopic (exact) mass is 382 g/mol. The molecule has 3 rings (SSSR count). The molecule has 1 aliphatic rings. The van der Waals surface area contributed by atoms with Crippen molar-refractivity contribution in [1.82, 2.24) is 0 Å². The summed E-state index contributed by atoms with van der Waals surface area (Å²) in [6.07, 6.45) is 0.848. The molecule has 5 nitrogen and oxygen atoms in total. The molecule has 0 saturated carbocycles. The average molecular weight is 382 g/mol. The van der Waals surface area contributed by atoms with Crippen molar-refractivity contribution in [2.75, 3.05) is 6.61 Å². The zero-order chi connectivity index (χ0) is 20.5. The molecule has 2 aromatic carbocycles. The first-order valence-corrected chi connectivity index (χ1v) is 9.44. The summed E-state index contributed by atoms with van der Waals surface area (Å²) in [6.45, 7) is 10.5. The van der Waals surface area contributed by atoms with E-state index in [-0.39, 0.29) is 11.0 Å². The second-order valence-corrected chi connectivity index (χ2v) is 8.27. The Hall–Kier alpha value is -2.82. The Kier molecular flexibility index (Phi) is 5.20. The van der Waals surface area contributed by atoms with Gasteiger partial charge in [-0.3, -0.25) is 0 Å². The Labute approximate surface area is 165 Å². The third kappa shape index (κ3) is 4.19. The first-order valence-electron chi connectivity index (χ1n) is 9.44. The normalized spacial score (nSPS) is 16.5. The summed E-state index contributed by atoms with van der Waals surface area (Å²) >= 11 is 0. The van der Waals surface area contributed by atoms with Gasteiger partial charge in [-0.25, -0.2) is 9.59 Å². The van der Waals surface area contributed by atoms with E-state index in [9.17, 15) is 9.59 Å². The van der Waals surface area contributed by atoms with Gasteiger partial charge in [-0.15, -0.1) is 0 Å². The molecule has 0 N–H and O–H groups in total. The molecule has 148 valence electrons. The molecular formula is C23H26O5. The lowest BCUT2D eigenvalue weighted by atomic mass is 9.73. The van der Waals surface area contributed by atoms with Crippen LogP contribution in [-0.4, -0.2) is 24.1 Å². The zero-order valence-electron chi connectivity index (χ0n) is 17.0. The van der Waals surface area contributed by atoms with Gasteiger partial charge >= 0.3 is 11.9 Å². The Balaban J connectivity index is 1.78. The van der Waals surface area contributed by atoms with Crippen molar-refractivity contribution >= 4 is 11.9 Å². The van der Waals surface area contributed by atoms with Crippen LogP contribution in [0.4, 0.5) is 0 Å². The van der Waals surface area contributed by atoms with Crippen molar-refractivity contribution in [1.29, 1.82) is 0 Å². The van der Waals surface area contributed by atoms with E-state index in [1.54, 1.807) is 37.3 Å². The number of hydrogen-bond acceptors (Lipinski definition) is 5. The van der Waals surface area contributed by atoms with Crippen LogP contribution < -0.4 is 9.47 Å². The third-order valence-electron chi connectivity index (χ3n) is 4.77. The van der Waals surface area contributed by atoms with Crippen LogP contribution in [0.2, 0.25) is 0 Å². The molecule has 1 heterocycles. The molecule has 0 radical (unpaired) electrons. The van der Waals surface area contributed by atoms with Gasteiger partial charge in [-0.2, -0.15) is 0 Å². The molecule has 5 heteroatoms. The van der Waals surface area contributed by atoms with Crippen LogP contribution in [-0.2, 0) is 10.2 Å². The highest BCUT2D eigenvalue weighted by atomic mass is 16.5. The Morgan fingerprint density at radius 1 is 0.964 bits per heavy atom. The van der Waals surface area contributed by atoms with E-state index >= 15 is 0 Å². The molecule has 0 atom stereocenters. The summed E-state index contributed by atoms with van der Waals surface area (Å²) in [5.41, 5.74) is 1.51. The number of carbonyl (C=O) groups is 2. The summed E-state index contributed by atoms with van der Waals surface area (Å²) in [5, 5.41) is 0. The van der Waals surface area contributed by atoms with E-state index in [1.165, 1.54) is 0 Å². The highest BCUT2D eigenvalue weighted by Gasteiger charge is 2.39. The smallest absolute Gasteiger partial charge is 0.343 e. The van der Waals surface area contributed by atoms with E-state index in [4.69, 9.17) is 14.2 Å². The lowest BCUT2D eigenvalue weighted by Gasteiger charge is -2.42. The number of carbonyl (C=O) groups excluding carboxylic acids is 2. The van der Waals surface area contributed by atoms with Gasteiger partial charge in [0.05, 0.1) is 17.7 Å². The topological polar surface area (TPSA) is 61.8 Å². The maximum atomic E-state index is 12.6. The highest BCUT2D eigenvalue weighted by Crippen LogP contribution is 2.44. The summed E-state index contributed by atoms with van der Waals surface area (Å²) in [6, 6.07) is 11.7. The maximum Gasteiger partial charge on any atom is 0.343 e. The van der Waals surface area contributed by atoms with E-state index in [1.807, 2.05) is 12.1 Å². The predicted octanol–water partition coefficient (Wildman–Crippen LogP) is 4.92. The SMILES string of the molecule is CCOC(=O)c1ccc(OC(=O)c2ccc3c(c2)C(C)(C)CC(C)(C)O3)cc1. The fourth-order valence-electron chi connectivity index (χ4n) is 3.81. The number of rotatable bonds is 4. The Bertz CT molecular complexity index is 894. The molecule has 0 spiro atoms. The summed E-state index contributed by atoms with van der Waals surface area (Å²) in [5.74, 6) is 0.316. The first kappa shape index (κ1) is 19.9. The van der Waals surface area contributed by atoms with Gasteiger partial charge in [0.2, 0.25) is 0 Å². The first-order chi connectivity index (χ1) is 13.1. The number of benzene rings is 2. The van der Waals surface area contributed by atoms with E-state index in [0.717, 1.165) is 17.7 Å². The largest absolute Gasteiger partial charge is 0.488 e. The minimum absolute atomic E-state index is 0.116. The van der Waals surface area contributed by atoms with Crippen LogP contribution >= 0.6 is 0 Å². The number of hydrogen-bond donors (Lipinski definition) is 0. The van der Waals surface area contributed by atoms with Crippen LogP contribution in [0.15, 0.2) is 42.5 Å². The van der Waals surface area contributed by atoms with Crippen molar-refractivity contribution in [3.8, 4) is 11.5 Å². The van der Waals surface area contributed by atoms with Gasteiger partial charge < -0.3 is 14.2 Å². The minimum atomic E-state index is -0.452. The van der Waals surface area contributed by atoms with Crippen LogP contribution in [0.1, 0.15) is 67.3 Å².